The van der Waals surface area contributed by atoms with Crippen LogP contribution in [0.25, 0.3) is 0 Å². The van der Waals surface area contributed by atoms with Gasteiger partial charge in [0.15, 0.2) is 0 Å². The van der Waals surface area contributed by atoms with Gasteiger partial charge in [-0.3, -0.25) is 9.78 Å². The van der Waals surface area contributed by atoms with Gasteiger partial charge in [0.25, 0.3) is 5.91 Å². The fourth-order valence-corrected chi connectivity index (χ4v) is 1.51. The number of hydrogen-bond donors (Lipinski definition) is 2. The summed E-state index contributed by atoms with van der Waals surface area (Å²) < 4.78 is 13.1. The van der Waals surface area contributed by atoms with Gasteiger partial charge in [-0.05, 0) is 30.7 Å². The minimum atomic E-state index is -0.393. The van der Waals surface area contributed by atoms with Crippen molar-refractivity contribution < 1.29 is 9.18 Å². The Bertz CT molecular complexity index is 615. The number of carbonyl (C=O) groups is 1. The third kappa shape index (κ3) is 3.04. The zero-order chi connectivity index (χ0) is 13.8. The number of hydrogen-bond acceptors (Lipinski definition) is 4. The summed E-state index contributed by atoms with van der Waals surface area (Å²) in [6.45, 7) is 1.63. The van der Waals surface area contributed by atoms with Gasteiger partial charge >= 0.3 is 0 Å². The summed E-state index contributed by atoms with van der Waals surface area (Å²) in [7, 11) is 1.69. The molecule has 19 heavy (non-hydrogen) atoms. The highest BCUT2D eigenvalue weighted by Crippen LogP contribution is 2.14. The summed E-state index contributed by atoms with van der Waals surface area (Å²) in [6, 6.07) is 4.36. The van der Waals surface area contributed by atoms with Gasteiger partial charge in [0.05, 0.1) is 12.4 Å². The molecule has 1 heterocycles. The zero-order valence-corrected chi connectivity index (χ0v) is 10.6. The second-order valence-corrected chi connectivity index (χ2v) is 3.96. The smallest absolute Gasteiger partial charge is 0.275 e. The van der Waals surface area contributed by atoms with E-state index in [1.807, 2.05) is 0 Å². The molecular weight excluding hydrogens is 247 g/mol. The average Bonchev–Trinajstić information content (AvgIpc) is 2.43. The molecule has 0 spiro atoms. The number of benzene rings is 1. The monoisotopic (exact) mass is 260 g/mol. The summed E-state index contributed by atoms with van der Waals surface area (Å²) in [5.41, 5.74) is 1.17. The molecule has 2 N–H and O–H groups in total. The maximum absolute atomic E-state index is 13.1. The Balaban J connectivity index is 2.18. The van der Waals surface area contributed by atoms with E-state index in [0.29, 0.717) is 17.1 Å². The molecule has 0 fully saturated rings. The van der Waals surface area contributed by atoms with Crippen molar-refractivity contribution in [2.24, 2.45) is 0 Å². The van der Waals surface area contributed by atoms with E-state index >= 15 is 0 Å². The van der Waals surface area contributed by atoms with Crippen molar-refractivity contribution in [3.05, 3.63) is 47.7 Å². The molecule has 0 aliphatic heterocycles. The van der Waals surface area contributed by atoms with Gasteiger partial charge in [0.2, 0.25) is 0 Å². The molecule has 0 radical (unpaired) electrons. The quantitative estimate of drug-likeness (QED) is 0.888. The summed E-state index contributed by atoms with van der Waals surface area (Å²) >= 11 is 0. The second-order valence-electron chi connectivity index (χ2n) is 3.96. The second kappa shape index (κ2) is 5.43. The fraction of sp³-hybridized carbons (Fsp3) is 0.154. The number of nitrogens with one attached hydrogen (secondary N) is 2. The van der Waals surface area contributed by atoms with Crippen molar-refractivity contribution in [3.63, 3.8) is 0 Å². The Morgan fingerprint density at radius 1 is 1.32 bits per heavy atom. The highest BCUT2D eigenvalue weighted by atomic mass is 19.1. The fourth-order valence-electron chi connectivity index (χ4n) is 1.51. The maximum Gasteiger partial charge on any atom is 0.275 e. The topological polar surface area (TPSA) is 66.9 Å². The molecule has 2 aromatic rings. The molecule has 0 aliphatic carbocycles. The van der Waals surface area contributed by atoms with Gasteiger partial charge in [-0.2, -0.15) is 0 Å². The van der Waals surface area contributed by atoms with Crippen LogP contribution in [-0.2, 0) is 0 Å². The molecule has 2 rings (SSSR count). The van der Waals surface area contributed by atoms with Crippen LogP contribution in [0.3, 0.4) is 0 Å². The van der Waals surface area contributed by atoms with Crippen LogP contribution in [0.4, 0.5) is 15.9 Å². The van der Waals surface area contributed by atoms with E-state index in [1.54, 1.807) is 20.0 Å². The standard InChI is InChI=1S/C13H13FN4O/c1-8-5-9(3-4-10(8)14)17-13(19)11-6-16-7-12(15-2)18-11/h3-7H,1-2H3,(H,15,18)(H,17,19). The lowest BCUT2D eigenvalue weighted by molar-refractivity contribution is 0.102. The molecule has 1 amide bonds. The Morgan fingerprint density at radius 2 is 2.11 bits per heavy atom. The summed E-state index contributed by atoms with van der Waals surface area (Å²) in [4.78, 5) is 19.9. The molecule has 5 nitrogen and oxygen atoms in total. The van der Waals surface area contributed by atoms with E-state index in [2.05, 4.69) is 20.6 Å². The number of rotatable bonds is 3. The minimum absolute atomic E-state index is 0.189. The Morgan fingerprint density at radius 3 is 2.79 bits per heavy atom. The predicted molar refractivity (Wildman–Crippen MR) is 70.7 cm³/mol. The first-order valence-electron chi connectivity index (χ1n) is 5.67. The SMILES string of the molecule is CNc1cncc(C(=O)Nc2ccc(F)c(C)c2)n1. The van der Waals surface area contributed by atoms with Gasteiger partial charge in [-0.15, -0.1) is 0 Å². The van der Waals surface area contributed by atoms with Gasteiger partial charge < -0.3 is 10.6 Å². The Labute approximate surface area is 109 Å². The first-order valence-corrected chi connectivity index (χ1v) is 5.67. The molecule has 6 heteroatoms. The first-order chi connectivity index (χ1) is 9.10. The Hall–Kier alpha value is -2.50. The molecule has 0 aliphatic rings. The van der Waals surface area contributed by atoms with Crippen LogP contribution in [-0.4, -0.2) is 22.9 Å². The highest BCUT2D eigenvalue weighted by Gasteiger charge is 2.09. The number of amides is 1. The van der Waals surface area contributed by atoms with Gasteiger partial charge in [0.1, 0.15) is 17.3 Å². The van der Waals surface area contributed by atoms with Crippen LogP contribution < -0.4 is 10.6 Å². The van der Waals surface area contributed by atoms with Crippen molar-refractivity contribution in [2.75, 3.05) is 17.7 Å². The van der Waals surface area contributed by atoms with E-state index in [0.717, 1.165) is 0 Å². The third-order valence-corrected chi connectivity index (χ3v) is 2.54. The number of carbonyl (C=O) groups excluding carboxylic acids is 1. The highest BCUT2D eigenvalue weighted by molar-refractivity contribution is 6.02. The molecule has 98 valence electrons. The van der Waals surface area contributed by atoms with Crippen LogP contribution in [0.2, 0.25) is 0 Å². The van der Waals surface area contributed by atoms with E-state index in [9.17, 15) is 9.18 Å². The largest absolute Gasteiger partial charge is 0.372 e. The van der Waals surface area contributed by atoms with Crippen molar-refractivity contribution >= 4 is 17.4 Å². The van der Waals surface area contributed by atoms with Crippen LogP contribution in [0.1, 0.15) is 16.1 Å². The van der Waals surface area contributed by atoms with Crippen LogP contribution in [0, 0.1) is 12.7 Å². The number of aryl methyl sites for hydroxylation is 1. The molecule has 0 saturated carbocycles. The van der Waals surface area contributed by atoms with Crippen LogP contribution in [0.15, 0.2) is 30.6 Å². The van der Waals surface area contributed by atoms with Gasteiger partial charge in [0, 0.05) is 12.7 Å². The minimum Gasteiger partial charge on any atom is -0.372 e. The molecular formula is C13H13FN4O. The third-order valence-electron chi connectivity index (χ3n) is 2.54. The van der Waals surface area contributed by atoms with Crippen molar-refractivity contribution in [3.8, 4) is 0 Å². The molecule has 1 aromatic heterocycles. The summed E-state index contributed by atoms with van der Waals surface area (Å²) in [5, 5.41) is 5.44. The number of halogens is 1. The predicted octanol–water partition coefficient (Wildman–Crippen LogP) is 2.22. The van der Waals surface area contributed by atoms with Crippen LogP contribution in [0.5, 0.6) is 0 Å². The normalized spacial score (nSPS) is 10.1. The Kier molecular flexibility index (Phi) is 3.70. The van der Waals surface area contributed by atoms with E-state index in [4.69, 9.17) is 0 Å². The number of anilines is 2. The lowest BCUT2D eigenvalue weighted by atomic mass is 10.2. The summed E-state index contributed by atoms with van der Waals surface area (Å²) in [6.07, 6.45) is 2.88. The molecule has 1 aromatic carbocycles. The summed E-state index contributed by atoms with van der Waals surface area (Å²) in [5.74, 6) is -0.200. The lowest BCUT2D eigenvalue weighted by Crippen LogP contribution is -2.15. The maximum atomic E-state index is 13.1. The van der Waals surface area contributed by atoms with Gasteiger partial charge in [-0.1, -0.05) is 0 Å². The number of nitrogens with zero attached hydrogens (tertiary/aromatic N) is 2. The molecule has 0 unspecified atom stereocenters. The number of aromatic nitrogens is 2. The van der Waals surface area contributed by atoms with Gasteiger partial charge in [-0.25, -0.2) is 9.37 Å². The van der Waals surface area contributed by atoms with Crippen molar-refractivity contribution in [1.29, 1.82) is 0 Å². The van der Waals surface area contributed by atoms with E-state index in [1.165, 1.54) is 24.5 Å². The zero-order valence-electron chi connectivity index (χ0n) is 10.6. The molecule has 0 saturated heterocycles. The lowest BCUT2D eigenvalue weighted by Gasteiger charge is -2.06. The first kappa shape index (κ1) is 12.9. The molecule has 0 bridgehead atoms. The van der Waals surface area contributed by atoms with Crippen molar-refractivity contribution in [2.45, 2.75) is 6.92 Å². The van der Waals surface area contributed by atoms with Crippen molar-refractivity contribution in [1.82, 2.24) is 9.97 Å². The van der Waals surface area contributed by atoms with E-state index < -0.39 is 5.91 Å². The van der Waals surface area contributed by atoms with E-state index in [-0.39, 0.29) is 11.5 Å². The molecule has 0 atom stereocenters. The van der Waals surface area contributed by atoms with Crippen LogP contribution >= 0.6 is 0 Å². The average molecular weight is 260 g/mol.